The van der Waals surface area contributed by atoms with Gasteiger partial charge in [-0.25, -0.2) is 19.2 Å². The first kappa shape index (κ1) is 20.1. The number of halogens is 2. The number of nitrogens with one attached hydrogen (secondary N) is 2. The zero-order valence-electron chi connectivity index (χ0n) is 14.8. The number of rotatable bonds is 6. The fraction of sp³-hybridized carbons (Fsp3) is 0.0556. The van der Waals surface area contributed by atoms with Crippen LogP contribution in [0.2, 0.25) is 0 Å². The third-order valence-electron chi connectivity index (χ3n) is 3.76. The van der Waals surface area contributed by atoms with Crippen LogP contribution >= 0.6 is 15.9 Å². The minimum Gasteiger partial charge on any atom is -0.465 e. The summed E-state index contributed by atoms with van der Waals surface area (Å²) in [6, 6.07) is 10.3. The molecule has 1 aromatic heterocycles. The molecule has 3 rings (SSSR count). The van der Waals surface area contributed by atoms with Gasteiger partial charge in [0.2, 0.25) is 11.6 Å². The molecule has 0 saturated heterocycles. The summed E-state index contributed by atoms with van der Waals surface area (Å²) in [5, 5.41) is 17.0. The van der Waals surface area contributed by atoms with Gasteiger partial charge in [-0.2, -0.15) is 0 Å². The van der Waals surface area contributed by atoms with Gasteiger partial charge in [0.25, 0.3) is 0 Å². The number of benzene rings is 2. The van der Waals surface area contributed by atoms with E-state index in [4.69, 9.17) is 0 Å². The number of carbonyl (C=O) groups excluding carboxylic acids is 1. The largest absolute Gasteiger partial charge is 0.465 e. The molecule has 148 valence electrons. The number of nitro groups is 1. The molecule has 0 amide bonds. The van der Waals surface area contributed by atoms with Crippen molar-refractivity contribution in [2.45, 2.75) is 0 Å². The number of hydrogen-bond donors (Lipinski definition) is 2. The summed E-state index contributed by atoms with van der Waals surface area (Å²) in [5.41, 5.74) is 0.318. The average molecular weight is 462 g/mol. The van der Waals surface area contributed by atoms with E-state index in [1.807, 2.05) is 0 Å². The molecule has 11 heteroatoms. The van der Waals surface area contributed by atoms with E-state index in [9.17, 15) is 19.3 Å². The van der Waals surface area contributed by atoms with Gasteiger partial charge in [0.15, 0.2) is 0 Å². The van der Waals surface area contributed by atoms with E-state index in [0.717, 1.165) is 6.33 Å². The second-order valence-electron chi connectivity index (χ2n) is 5.62. The molecule has 0 aliphatic rings. The Morgan fingerprint density at radius 1 is 1.14 bits per heavy atom. The minimum absolute atomic E-state index is 0.0170. The highest BCUT2D eigenvalue weighted by Gasteiger charge is 2.24. The number of aromatic nitrogens is 2. The molecule has 29 heavy (non-hydrogen) atoms. The lowest BCUT2D eigenvalue weighted by atomic mass is 10.2. The Kier molecular flexibility index (Phi) is 5.98. The Morgan fingerprint density at radius 3 is 2.38 bits per heavy atom. The van der Waals surface area contributed by atoms with Crippen molar-refractivity contribution < 1.29 is 18.8 Å². The van der Waals surface area contributed by atoms with E-state index in [1.54, 1.807) is 18.2 Å². The molecule has 0 bridgehead atoms. The predicted molar refractivity (Wildman–Crippen MR) is 107 cm³/mol. The number of carbonyl (C=O) groups is 1. The highest BCUT2D eigenvalue weighted by atomic mass is 79.9. The van der Waals surface area contributed by atoms with Crippen LogP contribution in [0.25, 0.3) is 0 Å². The molecule has 0 fully saturated rings. The van der Waals surface area contributed by atoms with Crippen LogP contribution in [0.4, 0.5) is 33.1 Å². The molecular weight excluding hydrogens is 449 g/mol. The molecule has 0 atom stereocenters. The normalized spacial score (nSPS) is 10.3. The molecule has 9 nitrogen and oxygen atoms in total. The Bertz CT molecular complexity index is 1080. The Balaban J connectivity index is 1.92. The van der Waals surface area contributed by atoms with E-state index in [2.05, 4.69) is 41.3 Å². The van der Waals surface area contributed by atoms with Gasteiger partial charge in [-0.3, -0.25) is 10.1 Å². The first-order valence-corrected chi connectivity index (χ1v) is 8.85. The standard InChI is InChI=1S/C18H13BrFN5O4/c1-29-18(26)10-2-5-12(6-3-10)23-16-15(25(27)28)17(22-9-21-16)24-14-7-4-11(19)8-13(14)20/h2-9H,1H3,(H2,21,22,23,24). The summed E-state index contributed by atoms with van der Waals surface area (Å²) >= 11 is 3.15. The quantitative estimate of drug-likeness (QED) is 0.311. The lowest BCUT2D eigenvalue weighted by Crippen LogP contribution is -2.06. The number of esters is 1. The molecule has 3 aromatic rings. The van der Waals surface area contributed by atoms with Crippen molar-refractivity contribution in [3.8, 4) is 0 Å². The highest BCUT2D eigenvalue weighted by molar-refractivity contribution is 9.10. The monoisotopic (exact) mass is 461 g/mol. The van der Waals surface area contributed by atoms with Crippen molar-refractivity contribution in [1.82, 2.24) is 9.97 Å². The van der Waals surface area contributed by atoms with Crippen LogP contribution in [-0.2, 0) is 4.74 Å². The fourth-order valence-corrected chi connectivity index (χ4v) is 2.73. The van der Waals surface area contributed by atoms with Crippen LogP contribution in [0.5, 0.6) is 0 Å². The van der Waals surface area contributed by atoms with Gasteiger partial charge in [-0.05, 0) is 42.5 Å². The zero-order valence-corrected chi connectivity index (χ0v) is 16.4. The fourth-order valence-electron chi connectivity index (χ4n) is 2.40. The van der Waals surface area contributed by atoms with E-state index in [1.165, 1.54) is 31.4 Å². The maximum absolute atomic E-state index is 14.1. The van der Waals surface area contributed by atoms with Crippen LogP contribution in [0.3, 0.4) is 0 Å². The van der Waals surface area contributed by atoms with Crippen molar-refractivity contribution >= 4 is 50.6 Å². The van der Waals surface area contributed by atoms with Crippen molar-refractivity contribution in [1.29, 1.82) is 0 Å². The van der Waals surface area contributed by atoms with Crippen LogP contribution in [0.15, 0.2) is 53.3 Å². The van der Waals surface area contributed by atoms with Gasteiger partial charge in [-0.1, -0.05) is 15.9 Å². The van der Waals surface area contributed by atoms with Crippen molar-refractivity contribution in [3.05, 3.63) is 74.8 Å². The van der Waals surface area contributed by atoms with E-state index < -0.39 is 22.4 Å². The summed E-state index contributed by atoms with van der Waals surface area (Å²) < 4.78 is 19.2. The molecule has 0 saturated carbocycles. The molecule has 1 heterocycles. The van der Waals surface area contributed by atoms with Crippen LogP contribution in [0, 0.1) is 15.9 Å². The Hall–Kier alpha value is -3.60. The minimum atomic E-state index is -0.676. The van der Waals surface area contributed by atoms with E-state index in [-0.39, 0.29) is 17.3 Å². The second kappa shape index (κ2) is 8.61. The molecule has 2 N–H and O–H groups in total. The molecule has 0 aliphatic heterocycles. The number of nitrogens with zero attached hydrogens (tertiary/aromatic N) is 3. The van der Waals surface area contributed by atoms with Gasteiger partial charge in [0.05, 0.1) is 23.3 Å². The first-order chi connectivity index (χ1) is 13.9. The SMILES string of the molecule is COC(=O)c1ccc(Nc2ncnc(Nc3ccc(Br)cc3F)c2[N+](=O)[O-])cc1. The lowest BCUT2D eigenvalue weighted by Gasteiger charge is -2.11. The van der Waals surface area contributed by atoms with Gasteiger partial charge >= 0.3 is 11.7 Å². The molecular formula is C18H13BrFN5O4. The van der Waals surface area contributed by atoms with Gasteiger partial charge in [-0.15, -0.1) is 0 Å². The second-order valence-corrected chi connectivity index (χ2v) is 6.54. The highest BCUT2D eigenvalue weighted by Crippen LogP contribution is 2.34. The van der Waals surface area contributed by atoms with E-state index in [0.29, 0.717) is 15.7 Å². The summed E-state index contributed by atoms with van der Waals surface area (Å²) in [6.45, 7) is 0. The number of hydrogen-bond acceptors (Lipinski definition) is 8. The van der Waals surface area contributed by atoms with E-state index >= 15 is 0 Å². The molecule has 0 unspecified atom stereocenters. The Morgan fingerprint density at radius 2 is 1.79 bits per heavy atom. The number of ether oxygens (including phenoxy) is 1. The predicted octanol–water partition coefficient (Wildman–Crippen LogP) is 4.56. The lowest BCUT2D eigenvalue weighted by molar-refractivity contribution is -0.383. The number of methoxy groups -OCH3 is 1. The maximum Gasteiger partial charge on any atom is 0.353 e. The van der Waals surface area contributed by atoms with Gasteiger partial charge in [0.1, 0.15) is 12.1 Å². The summed E-state index contributed by atoms with van der Waals surface area (Å²) in [4.78, 5) is 30.2. The third kappa shape index (κ3) is 4.63. The summed E-state index contributed by atoms with van der Waals surface area (Å²) in [7, 11) is 1.27. The molecule has 0 radical (unpaired) electrons. The first-order valence-electron chi connectivity index (χ1n) is 8.06. The topological polar surface area (TPSA) is 119 Å². The van der Waals surface area contributed by atoms with Crippen molar-refractivity contribution in [3.63, 3.8) is 0 Å². The maximum atomic E-state index is 14.1. The molecule has 0 spiro atoms. The van der Waals surface area contributed by atoms with Crippen molar-refractivity contribution in [2.75, 3.05) is 17.7 Å². The smallest absolute Gasteiger partial charge is 0.353 e. The average Bonchev–Trinajstić information content (AvgIpc) is 2.70. The van der Waals surface area contributed by atoms with Gasteiger partial charge < -0.3 is 15.4 Å². The molecule has 2 aromatic carbocycles. The summed E-state index contributed by atoms with van der Waals surface area (Å²) in [6.07, 6.45) is 1.11. The number of anilines is 4. The Labute approximate surface area is 172 Å². The van der Waals surface area contributed by atoms with Crippen LogP contribution < -0.4 is 10.6 Å². The van der Waals surface area contributed by atoms with Crippen LogP contribution in [0.1, 0.15) is 10.4 Å². The van der Waals surface area contributed by atoms with Crippen LogP contribution in [-0.4, -0.2) is 28.0 Å². The third-order valence-corrected chi connectivity index (χ3v) is 4.25. The molecule has 0 aliphatic carbocycles. The zero-order chi connectivity index (χ0) is 21.0. The van der Waals surface area contributed by atoms with Gasteiger partial charge in [0, 0.05) is 10.2 Å². The van der Waals surface area contributed by atoms with Crippen molar-refractivity contribution in [2.24, 2.45) is 0 Å². The summed E-state index contributed by atoms with van der Waals surface area (Å²) in [5.74, 6) is -1.40.